The largest absolute Gasteiger partial charge is 1.00 e. The number of aromatic carboxylic acids is 1. The number of rotatable bonds is 1. The average molecular weight is 356 g/mol. The average Bonchev–Trinajstić information content (AvgIpc) is 2.49. The van der Waals surface area contributed by atoms with E-state index in [0.29, 0.717) is 12.0 Å². The van der Waals surface area contributed by atoms with Gasteiger partial charge in [-0.05, 0) is 18.6 Å². The maximum Gasteiger partial charge on any atom is 1.00 e. The molecule has 3 atom stereocenters. The predicted octanol–water partition coefficient (Wildman–Crippen LogP) is 2.77. The summed E-state index contributed by atoms with van der Waals surface area (Å²) >= 11 is 0. The van der Waals surface area contributed by atoms with E-state index < -0.39 is 5.97 Å². The normalized spacial score (nSPS) is 26.7. The Hall–Kier alpha value is -1.07. The molecule has 1 aliphatic heterocycles. The molecular formula is C16H22CuNO4. The number of aromatic hydroxyl groups is 1. The quantitative estimate of drug-likeness (QED) is 0.675. The topological polar surface area (TPSA) is 91.9 Å². The molecule has 0 spiro atoms. The van der Waals surface area contributed by atoms with E-state index in [2.05, 4.69) is 5.32 Å². The van der Waals surface area contributed by atoms with Crippen LogP contribution < -0.4 is 0 Å². The van der Waals surface area contributed by atoms with Crippen LogP contribution >= 0.6 is 0 Å². The van der Waals surface area contributed by atoms with Gasteiger partial charge in [0.1, 0.15) is 11.3 Å². The number of carbonyl (C=O) groups is 1. The number of aliphatic hydroxyl groups is 1. The zero-order valence-electron chi connectivity index (χ0n) is 12.3. The number of hydrogen-bond acceptors (Lipinski definition) is 3. The van der Waals surface area contributed by atoms with Crippen molar-refractivity contribution in [3.05, 3.63) is 35.1 Å². The minimum atomic E-state index is -1.11. The van der Waals surface area contributed by atoms with E-state index in [1.54, 1.807) is 12.1 Å². The van der Waals surface area contributed by atoms with Crippen molar-refractivity contribution in [2.24, 2.45) is 5.92 Å². The number of aliphatic hydroxyl groups excluding tert-OH is 1. The molecule has 6 heteroatoms. The van der Waals surface area contributed by atoms with Gasteiger partial charge in [-0.3, -0.25) is 0 Å². The molecule has 5 nitrogen and oxygen atoms in total. The fourth-order valence-electron chi connectivity index (χ4n) is 3.08. The number of hydrogen-bond donors (Lipinski definition) is 3. The molecule has 3 rings (SSSR count). The first-order valence-electron chi connectivity index (χ1n) is 7.45. The molecule has 2 fully saturated rings. The third kappa shape index (κ3) is 4.99. The van der Waals surface area contributed by atoms with Gasteiger partial charge in [0.25, 0.3) is 0 Å². The summed E-state index contributed by atoms with van der Waals surface area (Å²) in [5.74, 6) is -0.597. The monoisotopic (exact) mass is 355 g/mol. The predicted molar refractivity (Wildman–Crippen MR) is 79.7 cm³/mol. The van der Waals surface area contributed by atoms with E-state index in [1.807, 2.05) is 0 Å². The van der Waals surface area contributed by atoms with Crippen LogP contribution in [-0.4, -0.2) is 40.0 Å². The molecule has 1 saturated carbocycles. The van der Waals surface area contributed by atoms with Gasteiger partial charge in [0.2, 0.25) is 0 Å². The molecule has 1 heterocycles. The summed E-state index contributed by atoms with van der Waals surface area (Å²) < 4.78 is 0. The standard InChI is InChI=1S/C9H16NO.C7H6O3.Cu/c11-8-5-1-3-7-4-2-6-10-9(7)8;8-6-4-2-1-3-5(6)7(9)10;/h7-9,11H,1-6H2;1-4,8H,(H,9,10);/q-1;;+1. The van der Waals surface area contributed by atoms with E-state index in [0.717, 1.165) is 13.0 Å². The molecule has 1 aliphatic carbocycles. The van der Waals surface area contributed by atoms with E-state index in [1.165, 1.54) is 37.8 Å². The maximum atomic E-state index is 10.3. The number of carboxylic acids is 1. The van der Waals surface area contributed by atoms with Crippen LogP contribution in [0.15, 0.2) is 24.3 Å². The van der Waals surface area contributed by atoms with E-state index in [9.17, 15) is 9.90 Å². The van der Waals surface area contributed by atoms with Crippen molar-refractivity contribution in [3.8, 4) is 5.75 Å². The summed E-state index contributed by atoms with van der Waals surface area (Å²) in [6.45, 7) is 0.984. The Kier molecular flexibility index (Phi) is 7.90. The number of para-hydroxylation sites is 1. The number of carboxylic acid groups (broad SMARTS) is 1. The molecule has 1 aromatic carbocycles. The van der Waals surface area contributed by atoms with Gasteiger partial charge in [-0.25, -0.2) is 4.79 Å². The fourth-order valence-corrected chi connectivity index (χ4v) is 3.08. The second-order valence-electron chi connectivity index (χ2n) is 5.62. The van der Waals surface area contributed by atoms with Gasteiger partial charge in [-0.15, -0.1) is 12.6 Å². The molecule has 3 unspecified atom stereocenters. The van der Waals surface area contributed by atoms with Crippen LogP contribution in [0, 0.1) is 5.92 Å². The third-order valence-corrected chi connectivity index (χ3v) is 4.16. The number of nitrogens with zero attached hydrogens (tertiary/aromatic N) is 1. The van der Waals surface area contributed by atoms with E-state index in [-0.39, 0.29) is 34.5 Å². The van der Waals surface area contributed by atoms with Gasteiger partial charge < -0.3 is 20.6 Å². The minimum Gasteiger partial charge on any atom is -0.657 e. The summed E-state index contributed by atoms with van der Waals surface area (Å²) in [6.07, 6.45) is 5.90. The maximum absolute atomic E-state index is 10.3. The van der Waals surface area contributed by atoms with Crippen molar-refractivity contribution in [2.75, 3.05) is 6.54 Å². The zero-order valence-corrected chi connectivity index (χ0v) is 13.2. The minimum absolute atomic E-state index is 0. The first kappa shape index (κ1) is 19.0. The van der Waals surface area contributed by atoms with Crippen molar-refractivity contribution >= 4 is 5.97 Å². The van der Waals surface area contributed by atoms with Gasteiger partial charge in [0.05, 0.1) is 0 Å². The Bertz CT molecular complexity index is 481. The Morgan fingerprint density at radius 1 is 1.14 bits per heavy atom. The van der Waals surface area contributed by atoms with Crippen LogP contribution in [0.1, 0.15) is 42.5 Å². The van der Waals surface area contributed by atoms with Crippen LogP contribution in [0.25, 0.3) is 5.32 Å². The summed E-state index contributed by atoms with van der Waals surface area (Å²) in [4.78, 5) is 10.3. The van der Waals surface area contributed by atoms with Crippen molar-refractivity contribution in [2.45, 2.75) is 44.2 Å². The Morgan fingerprint density at radius 2 is 1.82 bits per heavy atom. The van der Waals surface area contributed by atoms with Crippen molar-refractivity contribution in [1.82, 2.24) is 0 Å². The SMILES string of the molecule is O=C(O)c1ccccc1O.OC1CCCC2CCC[N-]C12.[Cu+]. The van der Waals surface area contributed by atoms with Crippen LogP contribution in [0.2, 0.25) is 0 Å². The van der Waals surface area contributed by atoms with Gasteiger partial charge in [0.15, 0.2) is 0 Å². The van der Waals surface area contributed by atoms with Crippen LogP contribution in [0.5, 0.6) is 5.75 Å². The van der Waals surface area contributed by atoms with Gasteiger partial charge in [-0.1, -0.05) is 43.7 Å². The molecule has 0 bridgehead atoms. The summed E-state index contributed by atoms with van der Waals surface area (Å²) in [7, 11) is 0. The first-order chi connectivity index (χ1) is 10.1. The van der Waals surface area contributed by atoms with Crippen LogP contribution in [0.3, 0.4) is 0 Å². The molecule has 0 aromatic heterocycles. The Labute approximate surface area is 141 Å². The number of piperidine rings is 1. The Balaban J connectivity index is 0.000000212. The summed E-state index contributed by atoms with van der Waals surface area (Å²) in [5.41, 5.74) is -0.0671. The third-order valence-electron chi connectivity index (χ3n) is 4.16. The molecule has 126 valence electrons. The van der Waals surface area contributed by atoms with E-state index in [4.69, 9.17) is 10.2 Å². The number of phenols is 1. The smallest absolute Gasteiger partial charge is 0.657 e. The number of fused-ring (bicyclic) bond motifs is 1. The zero-order chi connectivity index (χ0) is 15.2. The van der Waals surface area contributed by atoms with Crippen molar-refractivity contribution in [1.29, 1.82) is 0 Å². The molecule has 3 N–H and O–H groups in total. The fraction of sp³-hybridized carbons (Fsp3) is 0.562. The molecular weight excluding hydrogens is 334 g/mol. The van der Waals surface area contributed by atoms with Gasteiger partial charge >= 0.3 is 23.0 Å². The Morgan fingerprint density at radius 3 is 2.41 bits per heavy atom. The first-order valence-corrected chi connectivity index (χ1v) is 7.45. The summed E-state index contributed by atoms with van der Waals surface area (Å²) in [5, 5.41) is 31.4. The van der Waals surface area contributed by atoms with Crippen LogP contribution in [0.4, 0.5) is 0 Å². The van der Waals surface area contributed by atoms with Crippen LogP contribution in [-0.2, 0) is 17.1 Å². The van der Waals surface area contributed by atoms with Gasteiger partial charge in [-0.2, -0.15) is 0 Å². The van der Waals surface area contributed by atoms with Crippen molar-refractivity contribution in [3.63, 3.8) is 0 Å². The number of benzene rings is 1. The van der Waals surface area contributed by atoms with E-state index >= 15 is 0 Å². The second kappa shape index (κ2) is 9.15. The molecule has 1 aromatic rings. The van der Waals surface area contributed by atoms with Gasteiger partial charge in [0, 0.05) is 6.10 Å². The molecule has 0 amide bonds. The molecule has 22 heavy (non-hydrogen) atoms. The molecule has 2 aliphatic rings. The van der Waals surface area contributed by atoms with Crippen molar-refractivity contribution < 1.29 is 37.2 Å². The molecule has 0 radical (unpaired) electrons. The summed E-state index contributed by atoms with van der Waals surface area (Å²) in [6, 6.07) is 6.11. The molecule has 1 saturated heterocycles. The second-order valence-corrected chi connectivity index (χ2v) is 5.62.